The fourth-order valence-corrected chi connectivity index (χ4v) is 2.27. The molecule has 0 atom stereocenters. The number of ether oxygens (including phenoxy) is 2. The maximum Gasteiger partial charge on any atom is 0.127 e. The van der Waals surface area contributed by atoms with Gasteiger partial charge in [-0.2, -0.15) is 0 Å². The molecule has 0 bridgehead atoms. The van der Waals surface area contributed by atoms with Crippen LogP contribution in [-0.2, 0) is 6.42 Å². The molecule has 0 spiro atoms. The molecule has 2 aromatic carbocycles. The Hall–Kier alpha value is -1.74. The topological polar surface area (TPSA) is 44.5 Å². The number of rotatable bonds is 5. The molecule has 2 rings (SSSR count). The Balaban J connectivity index is 2.64. The number of aryl methyl sites for hydroxylation is 1. The molecular weight excluding hydrogens is 226 g/mol. The van der Waals surface area contributed by atoms with Gasteiger partial charge in [-0.1, -0.05) is 18.2 Å². The Bertz CT molecular complexity index is 537. The van der Waals surface area contributed by atoms with Crippen LogP contribution >= 0.6 is 0 Å². The van der Waals surface area contributed by atoms with Crippen LogP contribution in [0.5, 0.6) is 11.5 Å². The van der Waals surface area contributed by atoms with Crippen molar-refractivity contribution in [3.63, 3.8) is 0 Å². The summed E-state index contributed by atoms with van der Waals surface area (Å²) < 4.78 is 10.9. The van der Waals surface area contributed by atoms with Crippen molar-refractivity contribution >= 4 is 10.8 Å². The first-order valence-corrected chi connectivity index (χ1v) is 6.14. The molecule has 0 aliphatic carbocycles. The van der Waals surface area contributed by atoms with Gasteiger partial charge in [0.25, 0.3) is 0 Å². The molecular formula is C15H19NO2. The van der Waals surface area contributed by atoms with E-state index in [4.69, 9.17) is 15.2 Å². The average Bonchev–Trinajstić information content (AvgIpc) is 2.43. The largest absolute Gasteiger partial charge is 0.496 e. The highest BCUT2D eigenvalue weighted by Crippen LogP contribution is 2.35. The van der Waals surface area contributed by atoms with Crippen LogP contribution in [0.3, 0.4) is 0 Å². The molecule has 2 N–H and O–H groups in total. The minimum absolute atomic E-state index is 0.697. The summed E-state index contributed by atoms with van der Waals surface area (Å²) in [5.74, 6) is 1.76. The van der Waals surface area contributed by atoms with Gasteiger partial charge in [0.05, 0.1) is 14.2 Å². The van der Waals surface area contributed by atoms with E-state index in [0.717, 1.165) is 35.1 Å². The molecule has 0 aliphatic rings. The second kappa shape index (κ2) is 5.74. The molecule has 0 amide bonds. The van der Waals surface area contributed by atoms with E-state index >= 15 is 0 Å². The average molecular weight is 245 g/mol. The van der Waals surface area contributed by atoms with E-state index in [1.807, 2.05) is 18.2 Å². The molecule has 3 nitrogen and oxygen atoms in total. The minimum atomic E-state index is 0.697. The highest BCUT2D eigenvalue weighted by Gasteiger charge is 2.10. The molecule has 2 aromatic rings. The zero-order valence-corrected chi connectivity index (χ0v) is 10.9. The molecule has 0 fully saturated rings. The van der Waals surface area contributed by atoms with Gasteiger partial charge >= 0.3 is 0 Å². The number of methoxy groups -OCH3 is 2. The molecule has 0 unspecified atom stereocenters. The van der Waals surface area contributed by atoms with Crippen LogP contribution in [0.1, 0.15) is 12.0 Å². The first kappa shape index (κ1) is 12.7. The lowest BCUT2D eigenvalue weighted by Gasteiger charge is -2.13. The summed E-state index contributed by atoms with van der Waals surface area (Å²) in [6, 6.07) is 10.1. The fraction of sp³-hybridized carbons (Fsp3) is 0.333. The van der Waals surface area contributed by atoms with Crippen LogP contribution in [0.25, 0.3) is 10.8 Å². The van der Waals surface area contributed by atoms with Gasteiger partial charge in [-0.25, -0.2) is 0 Å². The number of hydrogen-bond acceptors (Lipinski definition) is 3. The molecule has 18 heavy (non-hydrogen) atoms. The minimum Gasteiger partial charge on any atom is -0.496 e. The predicted molar refractivity (Wildman–Crippen MR) is 74.4 cm³/mol. The summed E-state index contributed by atoms with van der Waals surface area (Å²) in [7, 11) is 3.38. The second-order valence-corrected chi connectivity index (χ2v) is 4.20. The van der Waals surface area contributed by atoms with E-state index in [2.05, 4.69) is 12.1 Å². The lowest BCUT2D eigenvalue weighted by Crippen LogP contribution is -2.01. The van der Waals surface area contributed by atoms with Crippen LogP contribution in [0.15, 0.2) is 30.3 Å². The quantitative estimate of drug-likeness (QED) is 0.881. The summed E-state index contributed by atoms with van der Waals surface area (Å²) in [6.45, 7) is 0.697. The molecule has 0 aromatic heterocycles. The Morgan fingerprint density at radius 1 is 1.00 bits per heavy atom. The highest BCUT2D eigenvalue weighted by atomic mass is 16.5. The zero-order valence-electron chi connectivity index (χ0n) is 10.9. The monoisotopic (exact) mass is 245 g/mol. The van der Waals surface area contributed by atoms with Crippen molar-refractivity contribution in [1.29, 1.82) is 0 Å². The smallest absolute Gasteiger partial charge is 0.127 e. The number of benzene rings is 2. The Kier molecular flexibility index (Phi) is 4.05. The number of hydrogen-bond donors (Lipinski definition) is 1. The Morgan fingerprint density at radius 2 is 1.78 bits per heavy atom. The standard InChI is InChI=1S/C15H19NO2/c1-17-13-9-8-11(5-4-10-16)15-12(13)6-3-7-14(15)18-2/h3,6-9H,4-5,10,16H2,1-2H3. The van der Waals surface area contributed by atoms with Crippen molar-refractivity contribution < 1.29 is 9.47 Å². The molecule has 0 heterocycles. The lowest BCUT2D eigenvalue weighted by molar-refractivity contribution is 0.415. The van der Waals surface area contributed by atoms with Gasteiger partial charge in [-0.05, 0) is 37.1 Å². The molecule has 0 saturated heterocycles. The first-order valence-electron chi connectivity index (χ1n) is 6.14. The van der Waals surface area contributed by atoms with E-state index in [9.17, 15) is 0 Å². The molecule has 0 radical (unpaired) electrons. The summed E-state index contributed by atoms with van der Waals surface area (Å²) in [4.78, 5) is 0. The van der Waals surface area contributed by atoms with Crippen LogP contribution in [-0.4, -0.2) is 20.8 Å². The van der Waals surface area contributed by atoms with Crippen molar-refractivity contribution in [3.05, 3.63) is 35.9 Å². The summed E-state index contributed by atoms with van der Waals surface area (Å²) in [5, 5.41) is 2.22. The van der Waals surface area contributed by atoms with Crippen molar-refractivity contribution in [2.45, 2.75) is 12.8 Å². The maximum atomic E-state index is 5.59. The van der Waals surface area contributed by atoms with E-state index in [0.29, 0.717) is 6.54 Å². The molecule has 0 saturated carbocycles. The van der Waals surface area contributed by atoms with Gasteiger partial charge in [0, 0.05) is 10.8 Å². The second-order valence-electron chi connectivity index (χ2n) is 4.20. The van der Waals surface area contributed by atoms with E-state index in [1.165, 1.54) is 5.56 Å². The SMILES string of the molecule is COc1ccc(CCCN)c2c(OC)cccc12. The first-order chi connectivity index (χ1) is 8.81. The van der Waals surface area contributed by atoms with Crippen molar-refractivity contribution in [2.75, 3.05) is 20.8 Å². The highest BCUT2D eigenvalue weighted by molar-refractivity contribution is 5.95. The van der Waals surface area contributed by atoms with Gasteiger partial charge in [-0.3, -0.25) is 0 Å². The Labute approximate surface area is 108 Å². The van der Waals surface area contributed by atoms with Gasteiger partial charge < -0.3 is 15.2 Å². The van der Waals surface area contributed by atoms with E-state index in [1.54, 1.807) is 14.2 Å². The molecule has 96 valence electrons. The molecule has 0 aliphatic heterocycles. The number of nitrogens with two attached hydrogens (primary N) is 1. The third kappa shape index (κ3) is 2.27. The normalized spacial score (nSPS) is 10.6. The Morgan fingerprint density at radius 3 is 2.44 bits per heavy atom. The van der Waals surface area contributed by atoms with Crippen molar-refractivity contribution in [3.8, 4) is 11.5 Å². The summed E-state index contributed by atoms with van der Waals surface area (Å²) in [6.07, 6.45) is 1.93. The van der Waals surface area contributed by atoms with Crippen molar-refractivity contribution in [1.82, 2.24) is 0 Å². The van der Waals surface area contributed by atoms with Gasteiger partial charge in [0.1, 0.15) is 11.5 Å². The third-order valence-electron chi connectivity index (χ3n) is 3.14. The van der Waals surface area contributed by atoms with E-state index in [-0.39, 0.29) is 0 Å². The van der Waals surface area contributed by atoms with Gasteiger partial charge in [0.15, 0.2) is 0 Å². The summed E-state index contributed by atoms with van der Waals surface area (Å²) >= 11 is 0. The predicted octanol–water partition coefficient (Wildman–Crippen LogP) is 2.75. The zero-order chi connectivity index (χ0) is 13.0. The lowest BCUT2D eigenvalue weighted by atomic mass is 9.99. The van der Waals surface area contributed by atoms with E-state index < -0.39 is 0 Å². The van der Waals surface area contributed by atoms with Crippen LogP contribution in [0.4, 0.5) is 0 Å². The maximum absolute atomic E-state index is 5.59. The third-order valence-corrected chi connectivity index (χ3v) is 3.14. The summed E-state index contributed by atoms with van der Waals surface area (Å²) in [5.41, 5.74) is 6.85. The fourth-order valence-electron chi connectivity index (χ4n) is 2.27. The van der Waals surface area contributed by atoms with Crippen LogP contribution in [0.2, 0.25) is 0 Å². The molecule has 3 heteroatoms. The van der Waals surface area contributed by atoms with Crippen molar-refractivity contribution in [2.24, 2.45) is 5.73 Å². The van der Waals surface area contributed by atoms with Crippen LogP contribution < -0.4 is 15.2 Å². The van der Waals surface area contributed by atoms with Gasteiger partial charge in [-0.15, -0.1) is 0 Å². The van der Waals surface area contributed by atoms with Gasteiger partial charge in [0.2, 0.25) is 0 Å². The van der Waals surface area contributed by atoms with Crippen LogP contribution in [0, 0.1) is 0 Å². The number of fused-ring (bicyclic) bond motifs is 1.